The smallest absolute Gasteiger partial charge is 0.220 e. The Kier molecular flexibility index (Phi) is 51.8. The van der Waals surface area contributed by atoms with Crippen molar-refractivity contribution in [3.63, 3.8) is 0 Å². The third-order valence-electron chi connectivity index (χ3n) is 14.8. The molecule has 1 amide bonds. The van der Waals surface area contributed by atoms with Crippen LogP contribution in [0.2, 0.25) is 0 Å². The van der Waals surface area contributed by atoms with Crippen LogP contribution < -0.4 is 5.32 Å². The van der Waals surface area contributed by atoms with E-state index in [1.807, 2.05) is 6.08 Å². The maximum Gasteiger partial charge on any atom is 0.220 e. The van der Waals surface area contributed by atoms with Gasteiger partial charge in [0.15, 0.2) is 6.29 Å². The van der Waals surface area contributed by atoms with Crippen LogP contribution in [0.1, 0.15) is 284 Å². The van der Waals surface area contributed by atoms with Crippen LogP contribution in [0, 0.1) is 0 Å². The predicted octanol–water partition coefficient (Wildman–Crippen LogP) is 16.4. The number of ether oxygens (including phenoxy) is 2. The SMILES string of the molecule is CC/C=C\C/C=C\C/C=C\C/C=C\CCCCCCCCCCCCCCCCC(=O)NC(COC1OC(CO)C(O)C(O)C1O)C(O)/C=C/CC/C=C/CCCCCCCCCCCCCCCCCCCCC. The number of hydrogen-bond donors (Lipinski definition) is 6. The maximum absolute atomic E-state index is 13.1. The average Bonchev–Trinajstić information content (AvgIpc) is 3.41. The normalized spacial score (nSPS) is 19.4. The van der Waals surface area contributed by atoms with Crippen LogP contribution in [-0.4, -0.2) is 87.5 Å². The number of amides is 1. The van der Waals surface area contributed by atoms with Gasteiger partial charge in [-0.15, -0.1) is 0 Å². The first-order valence-corrected chi connectivity index (χ1v) is 31.7. The summed E-state index contributed by atoms with van der Waals surface area (Å²) in [6.07, 6.45) is 69.8. The zero-order chi connectivity index (χ0) is 54.3. The Balaban J connectivity index is 2.20. The van der Waals surface area contributed by atoms with Crippen LogP contribution in [-0.2, 0) is 14.3 Å². The lowest BCUT2D eigenvalue weighted by Gasteiger charge is -2.40. The lowest BCUT2D eigenvalue weighted by atomic mass is 9.99. The van der Waals surface area contributed by atoms with E-state index >= 15 is 0 Å². The van der Waals surface area contributed by atoms with Gasteiger partial charge in [-0.25, -0.2) is 0 Å². The summed E-state index contributed by atoms with van der Waals surface area (Å²) in [5.41, 5.74) is 0. The van der Waals surface area contributed by atoms with Gasteiger partial charge in [0.25, 0.3) is 0 Å². The van der Waals surface area contributed by atoms with E-state index in [2.05, 4.69) is 79.9 Å². The van der Waals surface area contributed by atoms with Gasteiger partial charge in [0, 0.05) is 6.42 Å². The Morgan fingerprint density at radius 3 is 1.28 bits per heavy atom. The second-order valence-electron chi connectivity index (χ2n) is 21.8. The van der Waals surface area contributed by atoms with E-state index in [0.29, 0.717) is 6.42 Å². The number of rotatable bonds is 54. The van der Waals surface area contributed by atoms with E-state index in [9.17, 15) is 30.3 Å². The minimum Gasteiger partial charge on any atom is -0.394 e. The molecule has 1 saturated heterocycles. The highest BCUT2D eigenvalue weighted by molar-refractivity contribution is 5.76. The molecule has 0 aromatic rings. The largest absolute Gasteiger partial charge is 0.394 e. The molecular formula is C66H119NO8. The van der Waals surface area contributed by atoms with Crippen LogP contribution >= 0.6 is 0 Å². The van der Waals surface area contributed by atoms with Gasteiger partial charge in [-0.3, -0.25) is 4.79 Å². The van der Waals surface area contributed by atoms with Crippen molar-refractivity contribution in [2.24, 2.45) is 0 Å². The molecule has 0 saturated carbocycles. The highest BCUT2D eigenvalue weighted by atomic mass is 16.7. The van der Waals surface area contributed by atoms with Crippen molar-refractivity contribution >= 4 is 5.91 Å². The molecule has 1 heterocycles. The molecule has 75 heavy (non-hydrogen) atoms. The first kappa shape index (κ1) is 70.6. The Labute approximate surface area is 461 Å². The van der Waals surface area contributed by atoms with Crippen LogP contribution in [0.4, 0.5) is 0 Å². The second kappa shape index (κ2) is 55.0. The van der Waals surface area contributed by atoms with E-state index in [4.69, 9.17) is 9.47 Å². The standard InChI is InChI=1S/C66H119NO8/c1-3-5-7-9-11-13-15-17-19-21-23-25-27-29-30-32-34-36-38-40-42-44-46-48-50-52-54-56-62(70)67-59(58-74-66-65(73)64(72)63(71)61(57-68)75-66)60(69)55-53-51-49-47-45-43-41-39-37-35-33-31-28-26-24-22-20-18-16-14-12-10-8-6-4-2/h5,7,11,13,17,19,23,25,45,47,53,55,59-61,63-66,68-69,71-73H,3-4,6,8-10,12,14-16,18,20-22,24,26-44,46,48-52,54,56-58H2,1-2H3,(H,67,70)/b7-5-,13-11-,19-17-,25-23-,47-45+,55-53+. The van der Waals surface area contributed by atoms with Crippen molar-refractivity contribution < 1.29 is 39.8 Å². The van der Waals surface area contributed by atoms with Crippen molar-refractivity contribution in [1.29, 1.82) is 0 Å². The fourth-order valence-electron chi connectivity index (χ4n) is 9.81. The van der Waals surface area contributed by atoms with E-state index < -0.39 is 49.5 Å². The van der Waals surface area contributed by atoms with E-state index in [1.54, 1.807) is 6.08 Å². The molecule has 0 aromatic heterocycles. The number of nitrogens with one attached hydrogen (secondary N) is 1. The van der Waals surface area contributed by atoms with Crippen LogP contribution in [0.5, 0.6) is 0 Å². The van der Waals surface area contributed by atoms with Gasteiger partial charge >= 0.3 is 0 Å². The van der Waals surface area contributed by atoms with Crippen molar-refractivity contribution in [2.75, 3.05) is 13.2 Å². The van der Waals surface area contributed by atoms with Crippen molar-refractivity contribution in [1.82, 2.24) is 5.32 Å². The fourth-order valence-corrected chi connectivity index (χ4v) is 9.81. The third kappa shape index (κ3) is 44.2. The molecule has 1 aliphatic heterocycles. The Morgan fingerprint density at radius 2 is 0.840 bits per heavy atom. The lowest BCUT2D eigenvalue weighted by Crippen LogP contribution is -2.60. The second-order valence-corrected chi connectivity index (χ2v) is 21.8. The van der Waals surface area contributed by atoms with Crippen molar-refractivity contribution in [3.8, 4) is 0 Å². The van der Waals surface area contributed by atoms with Gasteiger partial charge in [0.2, 0.25) is 5.91 Å². The summed E-state index contributed by atoms with van der Waals surface area (Å²) in [4.78, 5) is 13.1. The summed E-state index contributed by atoms with van der Waals surface area (Å²) >= 11 is 0. The van der Waals surface area contributed by atoms with E-state index in [1.165, 1.54) is 199 Å². The molecule has 0 radical (unpaired) electrons. The Morgan fingerprint density at radius 1 is 0.467 bits per heavy atom. The monoisotopic (exact) mass is 1050 g/mol. The zero-order valence-electron chi connectivity index (χ0n) is 48.5. The number of hydrogen-bond acceptors (Lipinski definition) is 8. The van der Waals surface area contributed by atoms with Gasteiger partial charge in [0.05, 0.1) is 25.4 Å². The summed E-state index contributed by atoms with van der Waals surface area (Å²) in [5.74, 6) is -0.187. The van der Waals surface area contributed by atoms with Crippen molar-refractivity contribution in [3.05, 3.63) is 72.9 Å². The number of aliphatic hydroxyl groups is 5. The van der Waals surface area contributed by atoms with Gasteiger partial charge < -0.3 is 40.3 Å². The molecule has 7 unspecified atom stereocenters. The highest BCUT2D eigenvalue weighted by Crippen LogP contribution is 2.23. The predicted molar refractivity (Wildman–Crippen MR) is 318 cm³/mol. The molecule has 0 spiro atoms. The number of aliphatic hydroxyl groups excluding tert-OH is 5. The van der Waals surface area contributed by atoms with Crippen molar-refractivity contribution in [2.45, 2.75) is 326 Å². The molecule has 0 bridgehead atoms. The Bertz CT molecular complexity index is 1410. The van der Waals surface area contributed by atoms with Gasteiger partial charge in [-0.2, -0.15) is 0 Å². The maximum atomic E-state index is 13.1. The zero-order valence-corrected chi connectivity index (χ0v) is 48.5. The Hall–Kier alpha value is -2.37. The molecule has 9 nitrogen and oxygen atoms in total. The summed E-state index contributed by atoms with van der Waals surface area (Å²) < 4.78 is 11.3. The van der Waals surface area contributed by atoms with E-state index in [-0.39, 0.29) is 12.5 Å². The molecule has 9 heteroatoms. The van der Waals surface area contributed by atoms with Crippen LogP contribution in [0.15, 0.2) is 72.9 Å². The highest BCUT2D eigenvalue weighted by Gasteiger charge is 2.44. The topological polar surface area (TPSA) is 149 Å². The molecule has 1 fully saturated rings. The molecule has 1 rings (SSSR count). The summed E-state index contributed by atoms with van der Waals surface area (Å²) in [6.45, 7) is 3.68. The first-order chi connectivity index (χ1) is 36.8. The lowest BCUT2D eigenvalue weighted by molar-refractivity contribution is -0.302. The van der Waals surface area contributed by atoms with Gasteiger partial charge in [-0.05, 0) is 70.6 Å². The molecule has 6 N–H and O–H groups in total. The summed E-state index contributed by atoms with van der Waals surface area (Å²) in [5, 5.41) is 54.6. The van der Waals surface area contributed by atoms with Gasteiger partial charge in [0.1, 0.15) is 24.4 Å². The first-order valence-electron chi connectivity index (χ1n) is 31.7. The molecular weight excluding hydrogens is 935 g/mol. The molecule has 436 valence electrons. The molecule has 7 atom stereocenters. The quantitative estimate of drug-likeness (QED) is 0.0261. The van der Waals surface area contributed by atoms with Crippen LogP contribution in [0.3, 0.4) is 0 Å². The summed E-state index contributed by atoms with van der Waals surface area (Å²) in [6, 6.07) is -0.826. The summed E-state index contributed by atoms with van der Waals surface area (Å²) in [7, 11) is 0. The average molecular weight is 1050 g/mol. The number of allylic oxidation sites excluding steroid dienone is 11. The van der Waals surface area contributed by atoms with Crippen LogP contribution in [0.25, 0.3) is 0 Å². The number of carbonyl (C=O) groups is 1. The molecule has 0 aromatic carbocycles. The number of unbranched alkanes of at least 4 members (excludes halogenated alkanes) is 34. The molecule has 0 aliphatic carbocycles. The minimum atomic E-state index is -1.58. The third-order valence-corrected chi connectivity index (χ3v) is 14.8. The fraction of sp³-hybridized carbons (Fsp3) is 0.803. The minimum absolute atomic E-state index is 0.187. The molecule has 1 aliphatic rings. The number of carbonyl (C=O) groups excluding carboxylic acids is 1. The van der Waals surface area contributed by atoms with E-state index in [0.717, 1.165) is 64.2 Å². The van der Waals surface area contributed by atoms with Gasteiger partial charge in [-0.1, -0.05) is 279 Å².